The first-order chi connectivity index (χ1) is 5.23. The normalized spacial score (nSPS) is 50.7. The molecule has 0 bridgehead atoms. The molecule has 2 atom stereocenters. The van der Waals surface area contributed by atoms with Gasteiger partial charge in [0, 0.05) is 0 Å². The molecule has 2 saturated carbocycles. The van der Waals surface area contributed by atoms with E-state index >= 15 is 0 Å². The molecule has 0 aromatic heterocycles. The summed E-state index contributed by atoms with van der Waals surface area (Å²) in [5, 5.41) is 0. The molecule has 0 aromatic carbocycles. The molecule has 0 N–H and O–H groups in total. The van der Waals surface area contributed by atoms with Crippen LogP contribution in [0.5, 0.6) is 0 Å². The van der Waals surface area contributed by atoms with Crippen molar-refractivity contribution in [2.45, 2.75) is 42.3 Å². The van der Waals surface area contributed by atoms with Crippen LogP contribution in [-0.2, 0) is 0 Å². The van der Waals surface area contributed by atoms with E-state index in [1.165, 1.54) is 38.5 Å². The number of hydrogen-bond donors (Lipinski definition) is 0. The van der Waals surface area contributed by atoms with Crippen molar-refractivity contribution in [2.24, 2.45) is 11.8 Å². The van der Waals surface area contributed by atoms with Gasteiger partial charge in [0.25, 0.3) is 0 Å². The van der Waals surface area contributed by atoms with Crippen LogP contribution in [0.1, 0.15) is 38.5 Å². The Morgan fingerprint density at radius 1 is 1.00 bits per heavy atom. The second-order valence-corrected chi connectivity index (χ2v) is 6.27. The monoisotopic (exact) mass is 236 g/mol. The van der Waals surface area contributed by atoms with E-state index in [1.54, 1.807) is 0 Å². The van der Waals surface area contributed by atoms with Gasteiger partial charge >= 0.3 is 0 Å². The highest BCUT2D eigenvalue weighted by Crippen LogP contribution is 2.64. The van der Waals surface area contributed by atoms with Crippen molar-refractivity contribution in [3.05, 3.63) is 0 Å². The van der Waals surface area contributed by atoms with Gasteiger partial charge in [0.2, 0.25) is 0 Å². The molecule has 2 fully saturated rings. The number of hydrogen-bond acceptors (Lipinski definition) is 0. The molecule has 11 heavy (non-hydrogen) atoms. The van der Waals surface area contributed by atoms with E-state index in [0.29, 0.717) is 0 Å². The van der Waals surface area contributed by atoms with E-state index in [0.717, 1.165) is 11.8 Å². The minimum atomic E-state index is 0.0113. The molecule has 2 heteroatoms. The minimum Gasteiger partial charge on any atom is -0.106 e. The summed E-state index contributed by atoms with van der Waals surface area (Å²) in [4.78, 5) is 0. The zero-order chi connectivity index (χ0) is 7.90. The van der Waals surface area contributed by atoms with Crippen LogP contribution in [0.3, 0.4) is 0 Å². The third-order valence-corrected chi connectivity index (χ3v) is 4.88. The molecule has 0 amide bonds. The van der Waals surface area contributed by atoms with Crippen molar-refractivity contribution in [1.82, 2.24) is 0 Å². The third-order valence-electron chi connectivity index (χ3n) is 3.15. The summed E-state index contributed by atoms with van der Waals surface area (Å²) in [5.41, 5.74) is 0. The Bertz CT molecular complexity index is 140. The summed E-state index contributed by atoms with van der Waals surface area (Å²) >= 11 is 9.89. The molecule has 0 aliphatic heterocycles. The lowest BCUT2D eigenvalue weighted by atomic mass is 10.0. The summed E-state index contributed by atoms with van der Waals surface area (Å²) in [6, 6.07) is 0. The van der Waals surface area contributed by atoms with Gasteiger partial charge in [0.05, 0.1) is 0 Å². The Labute approximate surface area is 81.8 Å². The van der Waals surface area contributed by atoms with Gasteiger partial charge in [0.15, 0.2) is 0 Å². The molecular formula is C9H14BrCl. The van der Waals surface area contributed by atoms with Gasteiger partial charge in [0.1, 0.15) is 3.78 Å². The predicted molar refractivity (Wildman–Crippen MR) is 52.2 cm³/mol. The van der Waals surface area contributed by atoms with Gasteiger partial charge in [-0.3, -0.25) is 0 Å². The summed E-state index contributed by atoms with van der Waals surface area (Å²) in [6.07, 6.45) is 8.31. The molecule has 0 spiro atoms. The lowest BCUT2D eigenvalue weighted by Gasteiger charge is -2.04. The molecule has 2 aliphatic carbocycles. The predicted octanol–water partition coefficient (Wildman–Crippen LogP) is 3.92. The molecular weight excluding hydrogens is 223 g/mol. The maximum Gasteiger partial charge on any atom is 0.106 e. The Hall–Kier alpha value is 0.770. The van der Waals surface area contributed by atoms with Crippen LogP contribution in [0.2, 0.25) is 0 Å². The molecule has 0 radical (unpaired) electrons. The summed E-state index contributed by atoms with van der Waals surface area (Å²) in [6.45, 7) is 0. The third kappa shape index (κ3) is 1.47. The van der Waals surface area contributed by atoms with Crippen molar-refractivity contribution in [3.8, 4) is 0 Å². The van der Waals surface area contributed by atoms with Crippen molar-refractivity contribution >= 4 is 27.5 Å². The topological polar surface area (TPSA) is 0 Å². The van der Waals surface area contributed by atoms with Crippen molar-refractivity contribution < 1.29 is 0 Å². The maximum absolute atomic E-state index is 6.28. The molecule has 2 aliphatic rings. The Morgan fingerprint density at radius 3 is 1.91 bits per heavy atom. The quantitative estimate of drug-likeness (QED) is 0.560. The van der Waals surface area contributed by atoms with Crippen LogP contribution in [0.4, 0.5) is 0 Å². The standard InChI is InChI=1S/C9H14BrCl/c10-9(11)7-5-3-1-2-4-6-8(7)9/h7-8H,1-6H2. The van der Waals surface area contributed by atoms with E-state index in [-0.39, 0.29) is 3.78 Å². The summed E-state index contributed by atoms with van der Waals surface area (Å²) in [7, 11) is 0. The number of halogens is 2. The molecule has 0 aromatic rings. The van der Waals surface area contributed by atoms with Crippen LogP contribution >= 0.6 is 27.5 Å². The van der Waals surface area contributed by atoms with Crippen LogP contribution in [-0.4, -0.2) is 3.78 Å². The first-order valence-corrected chi connectivity index (χ1v) is 5.78. The number of rotatable bonds is 0. The van der Waals surface area contributed by atoms with E-state index in [9.17, 15) is 0 Å². The number of alkyl halides is 2. The fourth-order valence-corrected chi connectivity index (χ4v) is 3.75. The van der Waals surface area contributed by atoms with Crippen LogP contribution in [0.25, 0.3) is 0 Å². The summed E-state index contributed by atoms with van der Waals surface area (Å²) in [5.74, 6) is 1.56. The van der Waals surface area contributed by atoms with Gasteiger partial charge in [-0.2, -0.15) is 0 Å². The molecule has 2 rings (SSSR count). The van der Waals surface area contributed by atoms with E-state index < -0.39 is 0 Å². The first-order valence-electron chi connectivity index (χ1n) is 4.61. The fraction of sp³-hybridized carbons (Fsp3) is 1.00. The second kappa shape index (κ2) is 2.92. The van der Waals surface area contributed by atoms with Crippen LogP contribution < -0.4 is 0 Å². The SMILES string of the molecule is ClC1(Br)C2CCCCCCC21. The van der Waals surface area contributed by atoms with Crippen molar-refractivity contribution in [3.63, 3.8) is 0 Å². The van der Waals surface area contributed by atoms with Crippen LogP contribution in [0.15, 0.2) is 0 Å². The van der Waals surface area contributed by atoms with Crippen molar-refractivity contribution in [2.75, 3.05) is 0 Å². The molecule has 0 nitrogen and oxygen atoms in total. The smallest absolute Gasteiger partial charge is 0.106 e. The zero-order valence-corrected chi connectivity index (χ0v) is 9.00. The van der Waals surface area contributed by atoms with E-state index in [1.807, 2.05) is 0 Å². The highest BCUT2D eigenvalue weighted by Gasteiger charge is 2.60. The average Bonchev–Trinajstić information content (AvgIpc) is 2.29. The lowest BCUT2D eigenvalue weighted by molar-refractivity contribution is 0.485. The second-order valence-electron chi connectivity index (χ2n) is 3.88. The molecule has 0 heterocycles. The lowest BCUT2D eigenvalue weighted by Crippen LogP contribution is -1.90. The van der Waals surface area contributed by atoms with Crippen molar-refractivity contribution in [1.29, 1.82) is 0 Å². The van der Waals surface area contributed by atoms with Crippen LogP contribution in [0, 0.1) is 11.8 Å². The molecule has 0 saturated heterocycles. The first kappa shape index (κ1) is 8.37. The largest absolute Gasteiger partial charge is 0.106 e. The molecule has 2 unspecified atom stereocenters. The fourth-order valence-electron chi connectivity index (χ4n) is 2.33. The Kier molecular flexibility index (Phi) is 2.22. The van der Waals surface area contributed by atoms with E-state index in [4.69, 9.17) is 11.6 Å². The Morgan fingerprint density at radius 2 is 1.45 bits per heavy atom. The maximum atomic E-state index is 6.28. The number of fused-ring (bicyclic) bond motifs is 1. The van der Waals surface area contributed by atoms with Gasteiger partial charge in [-0.05, 0) is 24.7 Å². The van der Waals surface area contributed by atoms with Gasteiger partial charge < -0.3 is 0 Å². The van der Waals surface area contributed by atoms with E-state index in [2.05, 4.69) is 15.9 Å². The van der Waals surface area contributed by atoms with Gasteiger partial charge in [-0.15, -0.1) is 11.6 Å². The average molecular weight is 238 g/mol. The highest BCUT2D eigenvalue weighted by atomic mass is 79.9. The minimum absolute atomic E-state index is 0.0113. The Balaban J connectivity index is 1.95. The summed E-state index contributed by atoms with van der Waals surface area (Å²) < 4.78 is 0.0113. The zero-order valence-electron chi connectivity index (χ0n) is 6.65. The highest BCUT2D eigenvalue weighted by molar-refractivity contribution is 9.10. The molecule has 64 valence electrons. The van der Waals surface area contributed by atoms with Gasteiger partial charge in [-0.25, -0.2) is 0 Å². The van der Waals surface area contributed by atoms with Gasteiger partial charge in [-0.1, -0.05) is 41.6 Å².